The van der Waals surface area contributed by atoms with E-state index < -0.39 is 0 Å². The van der Waals surface area contributed by atoms with Crippen molar-refractivity contribution in [3.8, 4) is 0 Å². The van der Waals surface area contributed by atoms with Crippen molar-refractivity contribution in [3.63, 3.8) is 0 Å². The third-order valence-electron chi connectivity index (χ3n) is 6.28. The first-order valence-electron chi connectivity index (χ1n) is 11.4. The highest BCUT2D eigenvalue weighted by atomic mass is 16.5. The monoisotopic (exact) mass is 414 g/mol. The summed E-state index contributed by atoms with van der Waals surface area (Å²) in [4.78, 5) is 0. The van der Waals surface area contributed by atoms with Crippen LogP contribution in [-0.4, -0.2) is 0 Å². The van der Waals surface area contributed by atoms with E-state index in [9.17, 15) is 0 Å². The third kappa shape index (κ3) is 4.89. The molecule has 0 aromatic heterocycles. The molecule has 0 aliphatic carbocycles. The van der Waals surface area contributed by atoms with E-state index >= 15 is 0 Å². The number of hydrogen-bond donors (Lipinski definition) is 0. The van der Waals surface area contributed by atoms with Gasteiger partial charge in [0.25, 0.3) is 0 Å². The molecule has 2 aliphatic heterocycles. The van der Waals surface area contributed by atoms with Gasteiger partial charge in [-0.15, -0.1) is 0 Å². The van der Waals surface area contributed by atoms with E-state index in [1.165, 1.54) is 0 Å². The minimum absolute atomic E-state index is 0.0688. The van der Waals surface area contributed by atoms with Gasteiger partial charge in [0.05, 0.1) is 0 Å². The molecule has 2 aliphatic rings. The van der Waals surface area contributed by atoms with Gasteiger partial charge in [-0.1, -0.05) is 96.9 Å². The summed E-state index contributed by atoms with van der Waals surface area (Å²) in [5, 5.41) is 0. The predicted octanol–water partition coefficient (Wildman–Crippen LogP) is 8.78. The van der Waals surface area contributed by atoms with Gasteiger partial charge in [0.1, 0.15) is 23.0 Å². The molecule has 2 rings (SSSR count). The molecular weight excluding hydrogens is 368 g/mol. The summed E-state index contributed by atoms with van der Waals surface area (Å²) in [5.74, 6) is 4.17. The van der Waals surface area contributed by atoms with Crippen LogP contribution in [0.3, 0.4) is 0 Å². The Bertz CT molecular complexity index is 673. The van der Waals surface area contributed by atoms with Gasteiger partial charge in [0.15, 0.2) is 0 Å². The van der Waals surface area contributed by atoms with Crippen LogP contribution >= 0.6 is 0 Å². The van der Waals surface area contributed by atoms with Crippen LogP contribution in [-0.2, 0) is 9.47 Å². The molecule has 30 heavy (non-hydrogen) atoms. The lowest BCUT2D eigenvalue weighted by Crippen LogP contribution is -2.40. The molecule has 0 radical (unpaired) electrons. The summed E-state index contributed by atoms with van der Waals surface area (Å²) < 4.78 is 13.0. The van der Waals surface area contributed by atoms with Gasteiger partial charge in [0.2, 0.25) is 0 Å². The van der Waals surface area contributed by atoms with Crippen LogP contribution in [0, 0.1) is 32.5 Å². The van der Waals surface area contributed by atoms with Crippen LogP contribution in [0.5, 0.6) is 0 Å². The molecule has 0 spiro atoms. The van der Waals surface area contributed by atoms with E-state index in [2.05, 4.69) is 121 Å². The number of allylic oxidation sites excluding steroid dienone is 8. The molecule has 0 saturated heterocycles. The van der Waals surface area contributed by atoms with Crippen molar-refractivity contribution in [3.05, 3.63) is 47.3 Å². The van der Waals surface area contributed by atoms with Crippen molar-refractivity contribution in [2.75, 3.05) is 0 Å². The topological polar surface area (TPSA) is 18.5 Å². The van der Waals surface area contributed by atoms with Gasteiger partial charge in [-0.05, 0) is 24.3 Å². The summed E-state index contributed by atoms with van der Waals surface area (Å²) in [6.45, 7) is 31.4. The molecule has 0 fully saturated rings. The molecule has 0 aromatic rings. The molecule has 0 atom stereocenters. The van der Waals surface area contributed by atoms with Gasteiger partial charge in [0, 0.05) is 32.5 Å². The van der Waals surface area contributed by atoms with Crippen molar-refractivity contribution >= 4 is 0 Å². The first kappa shape index (κ1) is 24.8. The van der Waals surface area contributed by atoms with Crippen LogP contribution in [0.15, 0.2) is 47.3 Å². The molecule has 2 heteroatoms. The molecule has 0 saturated carbocycles. The average molecular weight is 415 g/mol. The van der Waals surface area contributed by atoms with Crippen molar-refractivity contribution in [1.82, 2.24) is 0 Å². The highest BCUT2D eigenvalue weighted by Crippen LogP contribution is 2.56. The SMILES string of the molecule is CC(C)(C)C1=CC(C)(C2(C)C=C(C(C)(C)C)OC(C(C)(C)C)=C2)C=C(C(C)(C)C)O1. The lowest BCUT2D eigenvalue weighted by molar-refractivity contribution is 0.111. The molecule has 2 heterocycles. The Morgan fingerprint density at radius 2 is 0.600 bits per heavy atom. The predicted molar refractivity (Wildman–Crippen MR) is 129 cm³/mol. The summed E-state index contributed by atoms with van der Waals surface area (Å²) in [6, 6.07) is 0. The maximum Gasteiger partial charge on any atom is 0.106 e. The highest BCUT2D eigenvalue weighted by Gasteiger charge is 2.48. The fourth-order valence-electron chi connectivity index (χ4n) is 3.63. The number of hydrogen-bond acceptors (Lipinski definition) is 2. The maximum atomic E-state index is 6.48. The Kier molecular flexibility index (Phi) is 5.82. The standard InChI is InChI=1S/C28H46O2/c1-23(2,3)19-15-27(13,16-20(29-19)24(4,5)6)28(14)17-21(25(7,8)9)30-22(18-28)26(10,11)12/h15-18H,1-14H3. The van der Waals surface area contributed by atoms with E-state index in [1.54, 1.807) is 0 Å². The molecular formula is C28H46O2. The normalized spacial score (nSPS) is 22.2. The molecule has 0 unspecified atom stereocenters. The van der Waals surface area contributed by atoms with Crippen LogP contribution in [0.4, 0.5) is 0 Å². The Balaban J connectivity index is 2.81. The Hall–Kier alpha value is -1.44. The highest BCUT2D eigenvalue weighted by molar-refractivity contribution is 5.38. The molecule has 0 amide bonds. The summed E-state index contributed by atoms with van der Waals surface area (Å²) in [6.07, 6.45) is 9.39. The summed E-state index contributed by atoms with van der Waals surface area (Å²) in [5.41, 5.74) is -0.761. The zero-order valence-electron chi connectivity index (χ0n) is 22.1. The largest absolute Gasteiger partial charge is 0.466 e. The Labute approximate surface area is 186 Å². The molecule has 0 bridgehead atoms. The minimum Gasteiger partial charge on any atom is -0.466 e. The fourth-order valence-corrected chi connectivity index (χ4v) is 3.63. The second-order valence-electron chi connectivity index (χ2n) is 13.8. The van der Waals surface area contributed by atoms with Crippen molar-refractivity contribution in [2.24, 2.45) is 32.5 Å². The van der Waals surface area contributed by atoms with E-state index in [-0.39, 0.29) is 32.5 Å². The van der Waals surface area contributed by atoms with Crippen LogP contribution in [0.2, 0.25) is 0 Å². The molecule has 170 valence electrons. The van der Waals surface area contributed by atoms with Gasteiger partial charge in [-0.2, -0.15) is 0 Å². The first-order valence-corrected chi connectivity index (χ1v) is 11.4. The lowest BCUT2D eigenvalue weighted by Gasteiger charge is -2.48. The Morgan fingerprint density at radius 1 is 0.433 bits per heavy atom. The fraction of sp³-hybridized carbons (Fsp3) is 0.714. The lowest BCUT2D eigenvalue weighted by atomic mass is 9.60. The second kappa shape index (κ2) is 7.04. The quantitative estimate of drug-likeness (QED) is 0.427. The molecule has 2 nitrogen and oxygen atoms in total. The van der Waals surface area contributed by atoms with E-state index in [4.69, 9.17) is 9.47 Å². The minimum atomic E-state index is -0.243. The smallest absolute Gasteiger partial charge is 0.106 e. The zero-order chi connectivity index (χ0) is 23.6. The van der Waals surface area contributed by atoms with E-state index in [0.717, 1.165) is 23.0 Å². The van der Waals surface area contributed by atoms with Crippen LogP contribution < -0.4 is 0 Å². The van der Waals surface area contributed by atoms with Gasteiger partial charge in [-0.25, -0.2) is 0 Å². The first-order chi connectivity index (χ1) is 13.1. The maximum absolute atomic E-state index is 6.48. The van der Waals surface area contributed by atoms with Crippen LogP contribution in [0.1, 0.15) is 96.9 Å². The van der Waals surface area contributed by atoms with Gasteiger partial charge >= 0.3 is 0 Å². The average Bonchev–Trinajstić information content (AvgIpc) is 2.50. The number of ether oxygens (including phenoxy) is 2. The van der Waals surface area contributed by atoms with E-state index in [0.29, 0.717) is 0 Å². The van der Waals surface area contributed by atoms with E-state index in [1.807, 2.05) is 0 Å². The molecule has 0 aromatic carbocycles. The van der Waals surface area contributed by atoms with Crippen molar-refractivity contribution < 1.29 is 9.47 Å². The second-order valence-corrected chi connectivity index (χ2v) is 13.8. The van der Waals surface area contributed by atoms with Gasteiger partial charge in [-0.3, -0.25) is 0 Å². The van der Waals surface area contributed by atoms with Crippen LogP contribution in [0.25, 0.3) is 0 Å². The van der Waals surface area contributed by atoms with Crippen molar-refractivity contribution in [1.29, 1.82) is 0 Å². The zero-order valence-corrected chi connectivity index (χ0v) is 22.1. The van der Waals surface area contributed by atoms with Crippen molar-refractivity contribution in [2.45, 2.75) is 96.9 Å². The third-order valence-corrected chi connectivity index (χ3v) is 6.28. The molecule has 0 N–H and O–H groups in total. The van der Waals surface area contributed by atoms with Gasteiger partial charge < -0.3 is 9.47 Å². The summed E-state index contributed by atoms with van der Waals surface area (Å²) in [7, 11) is 0. The number of rotatable bonds is 1. The Morgan fingerprint density at radius 3 is 0.733 bits per heavy atom. The summed E-state index contributed by atoms with van der Waals surface area (Å²) >= 11 is 0.